The number of halogens is 2. The lowest BCUT2D eigenvalue weighted by Crippen LogP contribution is -2.50. The van der Waals surface area contributed by atoms with Gasteiger partial charge in [0.15, 0.2) is 0 Å². The van der Waals surface area contributed by atoms with Crippen molar-refractivity contribution in [1.82, 2.24) is 9.80 Å². The largest absolute Gasteiger partial charge is 0.324 e. The molecule has 3 nitrogen and oxygen atoms in total. The Kier molecular flexibility index (Phi) is 3.05. The third kappa shape index (κ3) is 2.62. The molecule has 2 aliphatic rings. The monoisotopic (exact) mass is 281 g/mol. The topological polar surface area (TPSA) is 23.6 Å². The molecule has 1 aromatic carbocycles. The van der Waals surface area contributed by atoms with Gasteiger partial charge in [-0.1, -0.05) is 24.2 Å². The standard InChI is InChI=1S/C15H18F2N2O/c16-15(17)6-9-18(10-7-15)14(20)19-8-5-12-3-1-2-4-13(12)11-19/h1-4H,5-11H2/i3D. The average molecular weight is 281 g/mol. The second-order valence-electron chi connectivity index (χ2n) is 5.47. The molecule has 5 heteroatoms. The Labute approximate surface area is 118 Å². The maximum atomic E-state index is 13.2. The van der Waals surface area contributed by atoms with Crippen molar-refractivity contribution in [3.8, 4) is 0 Å². The molecule has 0 bridgehead atoms. The molecule has 0 atom stereocenters. The summed E-state index contributed by atoms with van der Waals surface area (Å²) >= 11 is 0. The van der Waals surface area contributed by atoms with Crippen molar-refractivity contribution in [1.29, 1.82) is 0 Å². The molecule has 2 aliphatic heterocycles. The number of likely N-dealkylation sites (tertiary alicyclic amines) is 1. The lowest BCUT2D eigenvalue weighted by Gasteiger charge is -2.37. The third-order valence-corrected chi connectivity index (χ3v) is 4.07. The highest BCUT2D eigenvalue weighted by atomic mass is 19.3. The van der Waals surface area contributed by atoms with Gasteiger partial charge in [-0.15, -0.1) is 0 Å². The van der Waals surface area contributed by atoms with E-state index in [-0.39, 0.29) is 32.0 Å². The Morgan fingerprint density at radius 3 is 2.65 bits per heavy atom. The minimum absolute atomic E-state index is 0.119. The van der Waals surface area contributed by atoms with Gasteiger partial charge >= 0.3 is 6.03 Å². The fourth-order valence-corrected chi connectivity index (χ4v) is 2.81. The first-order chi connectivity index (χ1) is 9.96. The SMILES string of the molecule is [2H]c1cccc2c1CCN(C(=O)N1CCC(F)(F)CC1)C2. The van der Waals surface area contributed by atoms with Crippen LogP contribution in [0.15, 0.2) is 24.2 Å². The number of alkyl halides is 2. The number of hydrogen-bond acceptors (Lipinski definition) is 1. The van der Waals surface area contributed by atoms with E-state index in [1.54, 1.807) is 11.0 Å². The van der Waals surface area contributed by atoms with Crippen molar-refractivity contribution >= 4 is 6.03 Å². The number of carbonyl (C=O) groups excluding carboxylic acids is 1. The molecule has 0 aromatic heterocycles. The van der Waals surface area contributed by atoms with Crippen LogP contribution in [0.25, 0.3) is 0 Å². The lowest BCUT2D eigenvalue weighted by atomic mass is 10.00. The second kappa shape index (κ2) is 5.04. The summed E-state index contributed by atoms with van der Waals surface area (Å²) in [6, 6.07) is 5.85. The Morgan fingerprint density at radius 2 is 1.90 bits per heavy atom. The molecule has 0 spiro atoms. The van der Waals surface area contributed by atoms with Crippen LogP contribution in [0.1, 0.15) is 25.3 Å². The summed E-state index contributed by atoms with van der Waals surface area (Å²) in [6.45, 7) is 1.25. The van der Waals surface area contributed by atoms with Crippen LogP contribution in [0.2, 0.25) is 0 Å². The summed E-state index contributed by atoms with van der Waals surface area (Å²) < 4.78 is 34.2. The summed E-state index contributed by atoms with van der Waals surface area (Å²) in [5.74, 6) is -2.63. The van der Waals surface area contributed by atoms with Gasteiger partial charge in [0.1, 0.15) is 0 Å². The van der Waals surface area contributed by atoms with E-state index in [1.807, 2.05) is 12.1 Å². The molecular weight excluding hydrogens is 262 g/mol. The van der Waals surface area contributed by atoms with Crippen LogP contribution in [-0.2, 0) is 13.0 Å². The molecule has 2 heterocycles. The number of hydrogen-bond donors (Lipinski definition) is 0. The number of amides is 2. The Hall–Kier alpha value is -1.65. The van der Waals surface area contributed by atoms with Crippen LogP contribution in [0.4, 0.5) is 13.6 Å². The zero-order chi connectivity index (χ0) is 15.0. The van der Waals surface area contributed by atoms with E-state index >= 15 is 0 Å². The van der Waals surface area contributed by atoms with Crippen LogP contribution >= 0.6 is 0 Å². The highest BCUT2D eigenvalue weighted by Crippen LogP contribution is 2.29. The molecule has 1 saturated heterocycles. The molecule has 2 amide bonds. The van der Waals surface area contributed by atoms with Gasteiger partial charge in [0.05, 0.1) is 1.37 Å². The Balaban J connectivity index is 1.68. The first-order valence-electron chi connectivity index (χ1n) is 7.45. The van der Waals surface area contributed by atoms with Crippen LogP contribution in [0, 0.1) is 0 Å². The highest BCUT2D eigenvalue weighted by molar-refractivity contribution is 5.75. The van der Waals surface area contributed by atoms with E-state index in [0.29, 0.717) is 25.6 Å². The number of fused-ring (bicyclic) bond motifs is 1. The molecule has 0 N–H and O–H groups in total. The molecule has 1 fully saturated rings. The fourth-order valence-electron chi connectivity index (χ4n) is 2.81. The number of nitrogens with zero attached hydrogens (tertiary/aromatic N) is 2. The number of benzene rings is 1. The van der Waals surface area contributed by atoms with Gasteiger partial charge in [-0.25, -0.2) is 13.6 Å². The highest BCUT2D eigenvalue weighted by Gasteiger charge is 2.37. The maximum absolute atomic E-state index is 13.2. The minimum Gasteiger partial charge on any atom is -0.324 e. The molecule has 0 unspecified atom stereocenters. The van der Waals surface area contributed by atoms with Crippen LogP contribution in [0.5, 0.6) is 0 Å². The van der Waals surface area contributed by atoms with Crippen molar-refractivity contribution in [2.75, 3.05) is 19.6 Å². The van der Waals surface area contributed by atoms with Crippen molar-refractivity contribution in [2.24, 2.45) is 0 Å². The van der Waals surface area contributed by atoms with Crippen molar-refractivity contribution < 1.29 is 14.9 Å². The van der Waals surface area contributed by atoms with E-state index in [2.05, 4.69) is 0 Å². The van der Waals surface area contributed by atoms with E-state index in [4.69, 9.17) is 1.37 Å². The molecule has 0 aliphatic carbocycles. The van der Waals surface area contributed by atoms with Gasteiger partial charge in [-0.2, -0.15) is 0 Å². The number of carbonyl (C=O) groups is 1. The predicted molar refractivity (Wildman–Crippen MR) is 71.7 cm³/mol. The zero-order valence-electron chi connectivity index (χ0n) is 12.2. The van der Waals surface area contributed by atoms with Gasteiger partial charge < -0.3 is 9.80 Å². The molecule has 20 heavy (non-hydrogen) atoms. The van der Waals surface area contributed by atoms with E-state index in [9.17, 15) is 13.6 Å². The molecular formula is C15H18F2N2O. The van der Waals surface area contributed by atoms with Crippen LogP contribution in [-0.4, -0.2) is 41.4 Å². The first-order valence-corrected chi connectivity index (χ1v) is 6.95. The Morgan fingerprint density at radius 1 is 1.15 bits per heavy atom. The molecule has 3 rings (SSSR count). The molecule has 1 aromatic rings. The first kappa shape index (κ1) is 12.1. The summed E-state index contributed by atoms with van der Waals surface area (Å²) in [6.07, 6.45) is 0.158. The normalized spacial score (nSPS) is 22.2. The summed E-state index contributed by atoms with van der Waals surface area (Å²) in [4.78, 5) is 15.6. The van der Waals surface area contributed by atoms with Gasteiger partial charge in [0.25, 0.3) is 5.92 Å². The van der Waals surface area contributed by atoms with Crippen molar-refractivity contribution in [3.63, 3.8) is 0 Å². The van der Waals surface area contributed by atoms with Crippen LogP contribution < -0.4 is 0 Å². The number of urea groups is 1. The number of rotatable bonds is 0. The van der Waals surface area contributed by atoms with Gasteiger partial charge in [-0.05, 0) is 17.5 Å². The van der Waals surface area contributed by atoms with E-state index < -0.39 is 5.92 Å². The van der Waals surface area contributed by atoms with Crippen molar-refractivity contribution in [3.05, 3.63) is 35.4 Å². The zero-order valence-corrected chi connectivity index (χ0v) is 11.2. The van der Waals surface area contributed by atoms with E-state index in [0.717, 1.165) is 11.1 Å². The van der Waals surface area contributed by atoms with Crippen LogP contribution in [0.3, 0.4) is 0 Å². The summed E-state index contributed by atoms with van der Waals surface area (Å²) in [7, 11) is 0. The average Bonchev–Trinajstić information content (AvgIpc) is 2.46. The lowest BCUT2D eigenvalue weighted by molar-refractivity contribution is -0.0493. The second-order valence-corrected chi connectivity index (χ2v) is 5.47. The third-order valence-electron chi connectivity index (χ3n) is 4.07. The maximum Gasteiger partial charge on any atom is 0.320 e. The van der Waals surface area contributed by atoms with Gasteiger partial charge in [0, 0.05) is 39.0 Å². The molecule has 108 valence electrons. The van der Waals surface area contributed by atoms with Gasteiger partial charge in [0.2, 0.25) is 0 Å². The summed E-state index contributed by atoms with van der Waals surface area (Å²) in [5, 5.41) is 0. The molecule has 0 radical (unpaired) electrons. The fraction of sp³-hybridized carbons (Fsp3) is 0.533. The van der Waals surface area contributed by atoms with Crippen molar-refractivity contribution in [2.45, 2.75) is 31.7 Å². The molecule has 0 saturated carbocycles. The predicted octanol–water partition coefficient (Wildman–Crippen LogP) is 2.90. The summed E-state index contributed by atoms with van der Waals surface area (Å²) in [5.41, 5.74) is 1.98. The quantitative estimate of drug-likeness (QED) is 0.717. The Bertz CT molecular complexity index is 555. The smallest absolute Gasteiger partial charge is 0.320 e. The number of piperidine rings is 1. The van der Waals surface area contributed by atoms with E-state index in [1.165, 1.54) is 4.90 Å². The van der Waals surface area contributed by atoms with Gasteiger partial charge in [-0.3, -0.25) is 0 Å². The minimum atomic E-state index is -2.63.